The summed E-state index contributed by atoms with van der Waals surface area (Å²) in [6, 6.07) is 1.99. The van der Waals surface area contributed by atoms with Crippen LogP contribution in [0.2, 0.25) is 0 Å². The van der Waals surface area contributed by atoms with Crippen LogP contribution in [0.1, 0.15) is 32.6 Å². The molecule has 0 aromatic carbocycles. The van der Waals surface area contributed by atoms with Crippen LogP contribution in [0, 0.1) is 0 Å². The fourth-order valence-corrected chi connectivity index (χ4v) is 3.58. The van der Waals surface area contributed by atoms with Crippen molar-refractivity contribution in [2.45, 2.75) is 38.7 Å². The van der Waals surface area contributed by atoms with Gasteiger partial charge in [0.25, 0.3) is 0 Å². The molecular weight excluding hydrogens is 328 g/mol. The van der Waals surface area contributed by atoms with Crippen molar-refractivity contribution in [1.82, 2.24) is 5.32 Å². The summed E-state index contributed by atoms with van der Waals surface area (Å²) in [6.07, 6.45) is -0.417. The number of alkyl carbamates (subject to hydrolysis) is 1. The monoisotopic (exact) mass is 348 g/mol. The van der Waals surface area contributed by atoms with Gasteiger partial charge >= 0.3 is 6.09 Å². The molecule has 0 aliphatic carbocycles. The maximum absolute atomic E-state index is 11.7. The van der Waals surface area contributed by atoms with Gasteiger partial charge in [-0.1, -0.05) is 6.92 Å². The minimum Gasteiger partial charge on any atom is -0.444 e. The molecule has 3 N–H and O–H groups in total. The molecule has 1 aromatic rings. The molecular formula is C13H21BrN2O2S. The van der Waals surface area contributed by atoms with Crippen molar-refractivity contribution >= 4 is 33.4 Å². The predicted octanol–water partition coefficient (Wildman–Crippen LogP) is 3.25. The van der Waals surface area contributed by atoms with Gasteiger partial charge in [-0.3, -0.25) is 0 Å². The molecule has 108 valence electrons. The zero-order valence-electron chi connectivity index (χ0n) is 11.7. The molecule has 0 radical (unpaired) electrons. The third kappa shape index (κ3) is 4.78. The average Bonchev–Trinajstić information content (AvgIpc) is 2.71. The van der Waals surface area contributed by atoms with Crippen LogP contribution >= 0.6 is 27.3 Å². The van der Waals surface area contributed by atoms with Crippen molar-refractivity contribution in [3.63, 3.8) is 0 Å². The smallest absolute Gasteiger partial charge is 0.407 e. The van der Waals surface area contributed by atoms with Crippen LogP contribution in [0.4, 0.5) is 4.79 Å². The SMILES string of the molecule is CC(C)(C)OC(=O)NCC(C)(CN)c1sccc1Br. The van der Waals surface area contributed by atoms with E-state index < -0.39 is 11.7 Å². The van der Waals surface area contributed by atoms with E-state index in [1.807, 2.05) is 39.1 Å². The molecule has 1 aromatic heterocycles. The molecule has 19 heavy (non-hydrogen) atoms. The highest BCUT2D eigenvalue weighted by Crippen LogP contribution is 2.34. The summed E-state index contributed by atoms with van der Waals surface area (Å²) >= 11 is 5.14. The lowest BCUT2D eigenvalue weighted by Gasteiger charge is -2.28. The Labute approximate surface area is 126 Å². The maximum Gasteiger partial charge on any atom is 0.407 e. The van der Waals surface area contributed by atoms with Gasteiger partial charge in [0, 0.05) is 27.9 Å². The second kappa shape index (κ2) is 6.24. The number of rotatable bonds is 4. The summed E-state index contributed by atoms with van der Waals surface area (Å²) in [5.41, 5.74) is 5.08. The first-order valence-electron chi connectivity index (χ1n) is 6.08. The Hall–Kier alpha value is -0.590. The predicted molar refractivity (Wildman–Crippen MR) is 82.7 cm³/mol. The van der Waals surface area contributed by atoms with Crippen LogP contribution < -0.4 is 11.1 Å². The molecule has 4 nitrogen and oxygen atoms in total. The molecule has 0 saturated carbocycles. The van der Waals surface area contributed by atoms with Gasteiger partial charge in [0.2, 0.25) is 0 Å². The van der Waals surface area contributed by atoms with Crippen molar-refractivity contribution in [3.05, 3.63) is 20.8 Å². The zero-order valence-corrected chi connectivity index (χ0v) is 14.2. The first-order valence-corrected chi connectivity index (χ1v) is 7.75. The molecule has 0 saturated heterocycles. The van der Waals surface area contributed by atoms with E-state index >= 15 is 0 Å². The average molecular weight is 349 g/mol. The van der Waals surface area contributed by atoms with Gasteiger partial charge in [0.05, 0.1) is 0 Å². The molecule has 6 heteroatoms. The number of hydrogen-bond acceptors (Lipinski definition) is 4. The number of amides is 1. The van der Waals surface area contributed by atoms with E-state index in [0.29, 0.717) is 13.1 Å². The summed E-state index contributed by atoms with van der Waals surface area (Å²) in [5.74, 6) is 0. The fraction of sp³-hybridized carbons (Fsp3) is 0.615. The Balaban J connectivity index is 2.68. The summed E-state index contributed by atoms with van der Waals surface area (Å²) < 4.78 is 6.25. The van der Waals surface area contributed by atoms with Crippen molar-refractivity contribution in [3.8, 4) is 0 Å². The van der Waals surface area contributed by atoms with Crippen molar-refractivity contribution in [1.29, 1.82) is 0 Å². The van der Waals surface area contributed by atoms with Gasteiger partial charge in [-0.05, 0) is 48.1 Å². The van der Waals surface area contributed by atoms with E-state index in [1.165, 1.54) is 0 Å². The number of nitrogens with one attached hydrogen (secondary N) is 1. The molecule has 0 aliphatic heterocycles. The standard InChI is InChI=1S/C13H21BrN2O2S/c1-12(2,3)18-11(17)16-8-13(4,7-15)10-9(14)5-6-19-10/h5-6H,7-8,15H2,1-4H3,(H,16,17). The van der Waals surface area contributed by atoms with E-state index in [-0.39, 0.29) is 5.41 Å². The minimum absolute atomic E-state index is 0.302. The third-order valence-corrected chi connectivity index (χ3v) is 4.78. The lowest BCUT2D eigenvalue weighted by atomic mass is 9.89. The second-order valence-electron chi connectivity index (χ2n) is 5.72. The Bertz CT molecular complexity index is 442. The van der Waals surface area contributed by atoms with Crippen LogP contribution in [-0.4, -0.2) is 24.8 Å². The van der Waals surface area contributed by atoms with Crippen molar-refractivity contribution in [2.24, 2.45) is 5.73 Å². The van der Waals surface area contributed by atoms with Gasteiger partial charge in [-0.25, -0.2) is 4.79 Å². The highest BCUT2D eigenvalue weighted by atomic mass is 79.9. The molecule has 1 unspecified atom stereocenters. The van der Waals surface area contributed by atoms with Crippen molar-refractivity contribution in [2.75, 3.05) is 13.1 Å². The van der Waals surface area contributed by atoms with Crippen LogP contribution in [0.5, 0.6) is 0 Å². The fourth-order valence-electron chi connectivity index (χ4n) is 1.55. The first kappa shape index (κ1) is 16.5. The van der Waals surface area contributed by atoms with Gasteiger partial charge in [0.15, 0.2) is 0 Å². The van der Waals surface area contributed by atoms with E-state index in [2.05, 4.69) is 21.2 Å². The van der Waals surface area contributed by atoms with Crippen LogP contribution in [0.3, 0.4) is 0 Å². The summed E-state index contributed by atoms with van der Waals surface area (Å²) in [4.78, 5) is 12.8. The van der Waals surface area contributed by atoms with Gasteiger partial charge in [0.1, 0.15) is 5.60 Å². The Morgan fingerprint density at radius 1 is 1.47 bits per heavy atom. The summed E-state index contributed by atoms with van der Waals surface area (Å²) in [6.45, 7) is 8.43. The Morgan fingerprint density at radius 2 is 2.11 bits per heavy atom. The number of carbonyl (C=O) groups excluding carboxylic acids is 1. The molecule has 1 rings (SSSR count). The van der Waals surface area contributed by atoms with Gasteiger partial charge in [-0.15, -0.1) is 11.3 Å². The number of hydrogen-bond donors (Lipinski definition) is 2. The third-order valence-electron chi connectivity index (χ3n) is 2.64. The van der Waals surface area contributed by atoms with Crippen LogP contribution in [-0.2, 0) is 10.2 Å². The maximum atomic E-state index is 11.7. The molecule has 0 bridgehead atoms. The number of ether oxygens (including phenoxy) is 1. The number of carbonyl (C=O) groups is 1. The van der Waals surface area contributed by atoms with Crippen LogP contribution in [0.25, 0.3) is 0 Å². The molecule has 0 spiro atoms. The Kier molecular flexibility index (Phi) is 5.41. The van der Waals surface area contributed by atoms with Crippen LogP contribution in [0.15, 0.2) is 15.9 Å². The lowest BCUT2D eigenvalue weighted by molar-refractivity contribution is 0.0517. The second-order valence-corrected chi connectivity index (χ2v) is 7.49. The number of nitrogens with two attached hydrogens (primary N) is 1. The highest BCUT2D eigenvalue weighted by molar-refractivity contribution is 9.10. The molecule has 0 fully saturated rings. The lowest BCUT2D eigenvalue weighted by Crippen LogP contribution is -2.44. The quantitative estimate of drug-likeness (QED) is 0.877. The zero-order chi connectivity index (χ0) is 14.7. The summed E-state index contributed by atoms with van der Waals surface area (Å²) in [7, 11) is 0. The first-order chi connectivity index (χ1) is 8.68. The Morgan fingerprint density at radius 3 is 2.53 bits per heavy atom. The minimum atomic E-state index is -0.493. The molecule has 0 aliphatic rings. The normalized spacial score (nSPS) is 14.8. The molecule has 1 heterocycles. The molecule has 1 atom stereocenters. The summed E-state index contributed by atoms with van der Waals surface area (Å²) in [5, 5.41) is 4.79. The van der Waals surface area contributed by atoms with E-state index in [1.54, 1.807) is 11.3 Å². The largest absolute Gasteiger partial charge is 0.444 e. The highest BCUT2D eigenvalue weighted by Gasteiger charge is 2.30. The molecule has 1 amide bonds. The number of halogens is 1. The van der Waals surface area contributed by atoms with Gasteiger partial charge in [-0.2, -0.15) is 0 Å². The van der Waals surface area contributed by atoms with Gasteiger partial charge < -0.3 is 15.8 Å². The topological polar surface area (TPSA) is 64.3 Å². The van der Waals surface area contributed by atoms with E-state index in [0.717, 1.165) is 9.35 Å². The van der Waals surface area contributed by atoms with Crippen molar-refractivity contribution < 1.29 is 9.53 Å². The number of thiophene rings is 1. The van der Waals surface area contributed by atoms with E-state index in [4.69, 9.17) is 10.5 Å². The van der Waals surface area contributed by atoms with E-state index in [9.17, 15) is 4.79 Å².